The minimum absolute atomic E-state index is 0.130. The van der Waals surface area contributed by atoms with E-state index in [0.717, 1.165) is 11.1 Å². The normalized spacial score (nSPS) is 10.9. The van der Waals surface area contributed by atoms with Gasteiger partial charge >= 0.3 is 0 Å². The fraction of sp³-hybridized carbons (Fsp3) is 0.235. The van der Waals surface area contributed by atoms with Crippen LogP contribution in [0.2, 0.25) is 0 Å². The lowest BCUT2D eigenvalue weighted by atomic mass is 9.99. The minimum Gasteiger partial charge on any atom is -0.496 e. The maximum atomic E-state index is 5.94. The van der Waals surface area contributed by atoms with E-state index in [-0.39, 0.29) is 23.4 Å². The summed E-state index contributed by atoms with van der Waals surface area (Å²) in [7, 11) is 1.62. The zero-order chi connectivity index (χ0) is 18.0. The Morgan fingerprint density at radius 2 is 1.92 bits per heavy atom. The molecule has 0 bridgehead atoms. The summed E-state index contributed by atoms with van der Waals surface area (Å²) < 4.78 is 11.5. The molecular formula is C17H20N6O2. The summed E-state index contributed by atoms with van der Waals surface area (Å²) in [6, 6.07) is 3.78. The van der Waals surface area contributed by atoms with Crippen molar-refractivity contribution in [1.82, 2.24) is 19.9 Å². The number of benzene rings is 1. The number of aromatic nitrogens is 4. The summed E-state index contributed by atoms with van der Waals surface area (Å²) in [5, 5.41) is 0. The molecule has 3 rings (SSSR count). The summed E-state index contributed by atoms with van der Waals surface area (Å²) in [4.78, 5) is 15.5. The van der Waals surface area contributed by atoms with Gasteiger partial charge in [0.1, 0.15) is 23.1 Å². The lowest BCUT2D eigenvalue weighted by Gasteiger charge is -2.17. The van der Waals surface area contributed by atoms with Crippen LogP contribution in [0.3, 0.4) is 0 Å². The van der Waals surface area contributed by atoms with Gasteiger partial charge in [-0.05, 0) is 18.1 Å². The van der Waals surface area contributed by atoms with Crippen LogP contribution in [0.25, 0.3) is 11.4 Å². The van der Waals surface area contributed by atoms with E-state index in [9.17, 15) is 0 Å². The number of anilines is 2. The second kappa shape index (κ2) is 6.68. The number of rotatable bonds is 5. The van der Waals surface area contributed by atoms with Gasteiger partial charge < -0.3 is 25.9 Å². The Labute approximate surface area is 145 Å². The molecule has 2 heterocycles. The van der Waals surface area contributed by atoms with Gasteiger partial charge in [-0.15, -0.1) is 0 Å². The molecule has 0 saturated carbocycles. The first-order valence-corrected chi connectivity index (χ1v) is 7.77. The average Bonchev–Trinajstić information content (AvgIpc) is 3.11. The fourth-order valence-corrected chi connectivity index (χ4v) is 2.47. The zero-order valence-corrected chi connectivity index (χ0v) is 14.3. The summed E-state index contributed by atoms with van der Waals surface area (Å²) in [5.74, 6) is 2.73. The van der Waals surface area contributed by atoms with Crippen molar-refractivity contribution >= 4 is 11.6 Å². The molecule has 0 unspecified atom stereocenters. The third kappa shape index (κ3) is 3.32. The number of nitrogens with one attached hydrogen (secondary N) is 1. The van der Waals surface area contributed by atoms with Crippen LogP contribution in [0.15, 0.2) is 30.7 Å². The summed E-state index contributed by atoms with van der Waals surface area (Å²) in [5.41, 5.74) is 13.2. The SMILES string of the molecule is COc1cc(C(C)C)c(Oc2ncc(N)nc2N)cc1-c1ncc[nH]1. The summed E-state index contributed by atoms with van der Waals surface area (Å²) in [6.45, 7) is 4.12. The van der Waals surface area contributed by atoms with Gasteiger partial charge in [0.25, 0.3) is 5.88 Å². The number of methoxy groups -OCH3 is 1. The van der Waals surface area contributed by atoms with Crippen LogP contribution < -0.4 is 20.9 Å². The predicted octanol–water partition coefficient (Wildman–Crippen LogP) is 2.96. The van der Waals surface area contributed by atoms with E-state index in [1.54, 1.807) is 19.5 Å². The number of nitrogens with two attached hydrogens (primary N) is 2. The third-order valence-electron chi connectivity index (χ3n) is 3.70. The highest BCUT2D eigenvalue weighted by molar-refractivity contribution is 5.69. The molecule has 0 fully saturated rings. The van der Waals surface area contributed by atoms with Crippen LogP contribution in [-0.4, -0.2) is 27.0 Å². The summed E-state index contributed by atoms with van der Waals surface area (Å²) in [6.07, 6.45) is 4.82. The van der Waals surface area contributed by atoms with Crippen molar-refractivity contribution in [2.45, 2.75) is 19.8 Å². The third-order valence-corrected chi connectivity index (χ3v) is 3.70. The van der Waals surface area contributed by atoms with Crippen LogP contribution in [0.5, 0.6) is 17.4 Å². The molecule has 8 heteroatoms. The Hall–Kier alpha value is -3.29. The van der Waals surface area contributed by atoms with Crippen molar-refractivity contribution in [2.75, 3.05) is 18.6 Å². The number of H-pyrrole nitrogens is 1. The maximum Gasteiger partial charge on any atom is 0.262 e. The lowest BCUT2D eigenvalue weighted by Crippen LogP contribution is -2.03. The van der Waals surface area contributed by atoms with Gasteiger partial charge in [0.15, 0.2) is 5.82 Å². The maximum absolute atomic E-state index is 5.94. The molecule has 0 saturated heterocycles. The van der Waals surface area contributed by atoms with E-state index in [0.29, 0.717) is 17.3 Å². The molecule has 1 aromatic carbocycles. The number of nitrogens with zero attached hydrogens (tertiary/aromatic N) is 3. The molecule has 3 aromatic rings. The average molecular weight is 340 g/mol. The molecule has 0 aliphatic carbocycles. The van der Waals surface area contributed by atoms with E-state index in [2.05, 4.69) is 33.8 Å². The topological polar surface area (TPSA) is 125 Å². The lowest BCUT2D eigenvalue weighted by molar-refractivity contribution is 0.411. The molecule has 25 heavy (non-hydrogen) atoms. The highest BCUT2D eigenvalue weighted by Crippen LogP contribution is 2.40. The minimum atomic E-state index is 0.130. The second-order valence-electron chi connectivity index (χ2n) is 5.77. The Morgan fingerprint density at radius 3 is 2.52 bits per heavy atom. The molecule has 0 radical (unpaired) electrons. The number of aromatic amines is 1. The van der Waals surface area contributed by atoms with Gasteiger partial charge in [-0.25, -0.2) is 15.0 Å². The van der Waals surface area contributed by atoms with Crippen molar-refractivity contribution in [3.63, 3.8) is 0 Å². The molecular weight excluding hydrogens is 320 g/mol. The van der Waals surface area contributed by atoms with Crippen molar-refractivity contribution < 1.29 is 9.47 Å². The number of hydrogen-bond donors (Lipinski definition) is 3. The number of nitrogen functional groups attached to an aromatic ring is 2. The molecule has 8 nitrogen and oxygen atoms in total. The molecule has 0 amide bonds. The largest absolute Gasteiger partial charge is 0.496 e. The van der Waals surface area contributed by atoms with Gasteiger partial charge in [0, 0.05) is 18.0 Å². The first kappa shape index (κ1) is 16.6. The highest BCUT2D eigenvalue weighted by atomic mass is 16.5. The summed E-state index contributed by atoms with van der Waals surface area (Å²) >= 11 is 0. The van der Waals surface area contributed by atoms with Crippen LogP contribution >= 0.6 is 0 Å². The molecule has 0 aliphatic heterocycles. The van der Waals surface area contributed by atoms with Gasteiger partial charge in [0.05, 0.1) is 18.9 Å². The van der Waals surface area contributed by atoms with Crippen molar-refractivity contribution in [1.29, 1.82) is 0 Å². The van der Waals surface area contributed by atoms with Crippen molar-refractivity contribution in [3.8, 4) is 28.8 Å². The smallest absolute Gasteiger partial charge is 0.262 e. The van der Waals surface area contributed by atoms with Crippen LogP contribution in [0.1, 0.15) is 25.3 Å². The van der Waals surface area contributed by atoms with Crippen molar-refractivity contribution in [2.24, 2.45) is 0 Å². The fourth-order valence-electron chi connectivity index (χ4n) is 2.47. The zero-order valence-electron chi connectivity index (χ0n) is 14.3. The van der Waals surface area contributed by atoms with Gasteiger partial charge in [-0.2, -0.15) is 0 Å². The monoisotopic (exact) mass is 340 g/mol. The molecule has 5 N–H and O–H groups in total. The number of hydrogen-bond acceptors (Lipinski definition) is 7. The van der Waals surface area contributed by atoms with Crippen LogP contribution in [-0.2, 0) is 0 Å². The second-order valence-corrected chi connectivity index (χ2v) is 5.77. The van der Waals surface area contributed by atoms with E-state index >= 15 is 0 Å². The van der Waals surface area contributed by atoms with Gasteiger partial charge in [-0.1, -0.05) is 13.8 Å². The molecule has 0 atom stereocenters. The standard InChI is InChI=1S/C17H20N6O2/c1-9(2)10-6-12(24-3)11(16-20-4-5-21-16)7-13(10)25-17-15(19)23-14(18)8-22-17/h4-9H,1-3H3,(H,20,21)(H4,18,19,23). The van der Waals surface area contributed by atoms with Crippen LogP contribution in [0.4, 0.5) is 11.6 Å². The van der Waals surface area contributed by atoms with Crippen LogP contribution in [0, 0.1) is 0 Å². The molecule has 2 aromatic heterocycles. The first-order valence-electron chi connectivity index (χ1n) is 7.77. The highest BCUT2D eigenvalue weighted by Gasteiger charge is 2.18. The Kier molecular flexibility index (Phi) is 4.42. The van der Waals surface area contributed by atoms with E-state index in [1.807, 2.05) is 12.1 Å². The quantitative estimate of drug-likeness (QED) is 0.652. The molecule has 0 aliphatic rings. The number of ether oxygens (including phenoxy) is 2. The van der Waals surface area contributed by atoms with E-state index in [1.165, 1.54) is 6.20 Å². The van der Waals surface area contributed by atoms with E-state index < -0.39 is 0 Å². The molecule has 130 valence electrons. The molecule has 0 spiro atoms. The Balaban J connectivity index is 2.11. The van der Waals surface area contributed by atoms with Gasteiger partial charge in [-0.3, -0.25) is 0 Å². The van der Waals surface area contributed by atoms with Crippen molar-refractivity contribution in [3.05, 3.63) is 36.3 Å². The predicted molar refractivity (Wildman–Crippen MR) is 95.6 cm³/mol. The van der Waals surface area contributed by atoms with Gasteiger partial charge in [0.2, 0.25) is 0 Å². The Morgan fingerprint density at radius 1 is 1.12 bits per heavy atom. The number of imidazole rings is 1. The Bertz CT molecular complexity index is 877. The van der Waals surface area contributed by atoms with E-state index in [4.69, 9.17) is 20.9 Å². The first-order chi connectivity index (χ1) is 12.0.